The van der Waals surface area contributed by atoms with Gasteiger partial charge in [-0.05, 0) is 11.6 Å². The zero-order valence-electron chi connectivity index (χ0n) is 7.83. The number of carbonyl (C=O) groups is 1. The molecule has 16 heavy (non-hydrogen) atoms. The second-order valence-corrected chi connectivity index (χ2v) is 3.68. The molecule has 0 aliphatic heterocycles. The van der Waals surface area contributed by atoms with Gasteiger partial charge < -0.3 is 0 Å². The van der Waals surface area contributed by atoms with Crippen LogP contribution in [-0.4, -0.2) is 17.3 Å². The molecule has 0 heterocycles. The Morgan fingerprint density at radius 3 is 2.81 bits per heavy atom. The van der Waals surface area contributed by atoms with Crippen molar-refractivity contribution in [3.63, 3.8) is 0 Å². The molecule has 0 bridgehead atoms. The number of hydrogen-bond donors (Lipinski definition) is 0. The molecule has 0 fully saturated rings. The molecule has 0 saturated heterocycles. The molecule has 0 spiro atoms. The van der Waals surface area contributed by atoms with E-state index in [9.17, 15) is 14.9 Å². The van der Waals surface area contributed by atoms with E-state index in [1.807, 2.05) is 0 Å². The molecule has 0 atom stereocenters. The topological polar surface area (TPSA) is 109 Å². The number of non-ortho nitro benzene ring substituents is 1. The minimum atomic E-state index is -0.602. The lowest BCUT2D eigenvalue weighted by Gasteiger charge is -1.99. The van der Waals surface area contributed by atoms with Crippen LogP contribution in [0.4, 0.5) is 5.69 Å². The van der Waals surface area contributed by atoms with E-state index in [4.69, 9.17) is 5.53 Å². The molecule has 1 aromatic rings. The first-order chi connectivity index (χ1) is 7.54. The fraction of sp³-hybridized carbons (Fsp3) is 0.125. The number of nitro benzene ring substituents is 1. The third-order valence-electron chi connectivity index (χ3n) is 1.69. The van der Waals surface area contributed by atoms with E-state index in [1.165, 1.54) is 12.1 Å². The zero-order valence-corrected chi connectivity index (χ0v) is 9.42. The SMILES string of the molecule is [N-]=[N+]=NCC(=O)c1cc(Br)cc([N+](=O)[O-])c1. The van der Waals surface area contributed by atoms with Gasteiger partial charge >= 0.3 is 0 Å². The first kappa shape index (κ1) is 12.2. The van der Waals surface area contributed by atoms with Gasteiger partial charge in [-0.15, -0.1) is 0 Å². The van der Waals surface area contributed by atoms with E-state index in [1.54, 1.807) is 0 Å². The summed E-state index contributed by atoms with van der Waals surface area (Å²) < 4.78 is 0.422. The van der Waals surface area contributed by atoms with Gasteiger partial charge in [0.2, 0.25) is 0 Å². The molecule has 7 nitrogen and oxygen atoms in total. The van der Waals surface area contributed by atoms with Crippen LogP contribution in [0, 0.1) is 10.1 Å². The lowest BCUT2D eigenvalue weighted by molar-refractivity contribution is -0.384. The van der Waals surface area contributed by atoms with Gasteiger partial charge in [0.1, 0.15) is 0 Å². The van der Waals surface area contributed by atoms with Crippen LogP contribution in [0.5, 0.6) is 0 Å². The van der Waals surface area contributed by atoms with Gasteiger partial charge in [-0.25, -0.2) is 0 Å². The van der Waals surface area contributed by atoms with Crippen LogP contribution in [0.15, 0.2) is 27.8 Å². The highest BCUT2D eigenvalue weighted by atomic mass is 79.9. The van der Waals surface area contributed by atoms with Crippen molar-refractivity contribution in [1.29, 1.82) is 0 Å². The first-order valence-corrected chi connectivity index (χ1v) is 4.83. The third kappa shape index (κ3) is 3.04. The fourth-order valence-electron chi connectivity index (χ4n) is 1.03. The lowest BCUT2D eigenvalue weighted by Crippen LogP contribution is -2.03. The molecule has 82 valence electrons. The number of azide groups is 1. The molecule has 0 aromatic heterocycles. The van der Waals surface area contributed by atoms with E-state index >= 15 is 0 Å². The maximum atomic E-state index is 11.4. The van der Waals surface area contributed by atoms with E-state index in [0.717, 1.165) is 6.07 Å². The Bertz CT molecular complexity index is 496. The third-order valence-corrected chi connectivity index (χ3v) is 2.15. The average molecular weight is 285 g/mol. The first-order valence-electron chi connectivity index (χ1n) is 4.03. The summed E-state index contributed by atoms with van der Waals surface area (Å²) >= 11 is 3.06. The number of nitro groups is 1. The van der Waals surface area contributed by atoms with E-state index in [2.05, 4.69) is 26.0 Å². The summed E-state index contributed by atoms with van der Waals surface area (Å²) in [4.78, 5) is 23.8. The molecule has 0 unspecified atom stereocenters. The molecule has 0 N–H and O–H groups in total. The highest BCUT2D eigenvalue weighted by Gasteiger charge is 2.12. The Labute approximate surface area is 98.0 Å². The van der Waals surface area contributed by atoms with Crippen molar-refractivity contribution in [3.05, 3.63) is 48.8 Å². The summed E-state index contributed by atoms with van der Waals surface area (Å²) in [5.74, 6) is -0.470. The average Bonchev–Trinajstić information content (AvgIpc) is 2.24. The molecule has 1 rings (SSSR count). The van der Waals surface area contributed by atoms with Gasteiger partial charge in [0.05, 0.1) is 11.5 Å². The second kappa shape index (κ2) is 5.24. The number of hydrogen-bond acceptors (Lipinski definition) is 4. The monoisotopic (exact) mass is 284 g/mol. The Balaban J connectivity index is 3.09. The summed E-state index contributed by atoms with van der Waals surface area (Å²) in [6.07, 6.45) is 0. The predicted molar refractivity (Wildman–Crippen MR) is 59.1 cm³/mol. The number of halogens is 1. The highest BCUT2D eigenvalue weighted by Crippen LogP contribution is 2.21. The molecule has 0 saturated carbocycles. The number of nitrogens with zero attached hydrogens (tertiary/aromatic N) is 4. The molecule has 1 aromatic carbocycles. The Morgan fingerprint density at radius 2 is 2.25 bits per heavy atom. The van der Waals surface area contributed by atoms with Gasteiger partial charge in [-0.3, -0.25) is 14.9 Å². The van der Waals surface area contributed by atoms with Crippen LogP contribution >= 0.6 is 15.9 Å². The van der Waals surface area contributed by atoms with Crippen molar-refractivity contribution in [1.82, 2.24) is 0 Å². The van der Waals surface area contributed by atoms with Crippen molar-refractivity contribution < 1.29 is 9.72 Å². The highest BCUT2D eigenvalue weighted by molar-refractivity contribution is 9.10. The van der Waals surface area contributed by atoms with E-state index < -0.39 is 10.7 Å². The van der Waals surface area contributed by atoms with Crippen LogP contribution in [0.3, 0.4) is 0 Å². The normalized spacial score (nSPS) is 9.31. The minimum Gasteiger partial charge on any atom is -0.294 e. The van der Waals surface area contributed by atoms with Crippen molar-refractivity contribution in [2.45, 2.75) is 0 Å². The van der Waals surface area contributed by atoms with Crippen molar-refractivity contribution in [2.24, 2.45) is 5.11 Å². The Kier molecular flexibility index (Phi) is 3.98. The van der Waals surface area contributed by atoms with Crippen molar-refractivity contribution in [3.8, 4) is 0 Å². The van der Waals surface area contributed by atoms with Crippen LogP contribution in [0.2, 0.25) is 0 Å². The minimum absolute atomic E-state index is 0.133. The van der Waals surface area contributed by atoms with Gasteiger partial charge in [0.25, 0.3) is 5.69 Å². The van der Waals surface area contributed by atoms with Crippen LogP contribution in [0.25, 0.3) is 10.4 Å². The Hall–Kier alpha value is -1.92. The molecular weight excluding hydrogens is 280 g/mol. The number of rotatable bonds is 4. The van der Waals surface area contributed by atoms with Crippen LogP contribution < -0.4 is 0 Å². The molecule has 0 aliphatic rings. The maximum absolute atomic E-state index is 11.4. The number of Topliss-reactive ketones (excluding diaryl/α,β-unsaturated/α-hetero) is 1. The predicted octanol–water partition coefficient (Wildman–Crippen LogP) is 2.85. The smallest absolute Gasteiger partial charge is 0.271 e. The maximum Gasteiger partial charge on any atom is 0.271 e. The fourth-order valence-corrected chi connectivity index (χ4v) is 1.51. The number of ketones is 1. The van der Waals surface area contributed by atoms with Crippen molar-refractivity contribution in [2.75, 3.05) is 6.54 Å². The lowest BCUT2D eigenvalue weighted by atomic mass is 10.1. The van der Waals surface area contributed by atoms with Crippen LogP contribution in [0.1, 0.15) is 10.4 Å². The summed E-state index contributed by atoms with van der Waals surface area (Å²) in [7, 11) is 0. The molecular formula is C8H5BrN4O3. The number of benzene rings is 1. The molecule has 0 aliphatic carbocycles. The van der Waals surface area contributed by atoms with Gasteiger partial charge in [0.15, 0.2) is 5.78 Å². The standard InChI is InChI=1S/C8H5BrN4O3/c9-6-1-5(8(14)4-11-12-10)2-7(3-6)13(15)16/h1-3H,4H2. The Morgan fingerprint density at radius 1 is 1.56 bits per heavy atom. The molecule has 8 heteroatoms. The second-order valence-electron chi connectivity index (χ2n) is 2.77. The molecule has 0 amide bonds. The van der Waals surface area contributed by atoms with E-state index in [0.29, 0.717) is 4.47 Å². The summed E-state index contributed by atoms with van der Waals surface area (Å²) in [6.45, 7) is -0.357. The summed E-state index contributed by atoms with van der Waals surface area (Å²) in [5, 5.41) is 13.6. The number of carbonyl (C=O) groups excluding carboxylic acids is 1. The van der Waals surface area contributed by atoms with Gasteiger partial charge in [0, 0.05) is 27.1 Å². The van der Waals surface area contributed by atoms with Crippen molar-refractivity contribution >= 4 is 27.4 Å². The zero-order chi connectivity index (χ0) is 12.1. The largest absolute Gasteiger partial charge is 0.294 e. The quantitative estimate of drug-likeness (QED) is 0.212. The summed E-state index contributed by atoms with van der Waals surface area (Å²) in [6, 6.07) is 3.85. The van der Waals surface area contributed by atoms with E-state index in [-0.39, 0.29) is 17.8 Å². The van der Waals surface area contributed by atoms with Gasteiger partial charge in [-0.1, -0.05) is 21.0 Å². The van der Waals surface area contributed by atoms with Crippen LogP contribution in [-0.2, 0) is 0 Å². The molecule has 0 radical (unpaired) electrons. The van der Waals surface area contributed by atoms with Gasteiger partial charge in [-0.2, -0.15) is 0 Å². The summed E-state index contributed by atoms with van der Waals surface area (Å²) in [5.41, 5.74) is 7.99.